The van der Waals surface area contributed by atoms with Crippen LogP contribution in [-0.4, -0.2) is 9.13 Å². The summed E-state index contributed by atoms with van der Waals surface area (Å²) in [5.74, 6) is 0. The summed E-state index contributed by atoms with van der Waals surface area (Å²) in [5.41, 5.74) is 12.7. The zero-order valence-corrected chi connectivity index (χ0v) is 26.1. The molecule has 7 aromatic carbocycles. The van der Waals surface area contributed by atoms with Gasteiger partial charge < -0.3 is 13.6 Å². The van der Waals surface area contributed by atoms with E-state index in [2.05, 4.69) is 154 Å². The highest BCUT2D eigenvalue weighted by molar-refractivity contribution is 6.12. The Hall–Kier alpha value is -6.57. The summed E-state index contributed by atoms with van der Waals surface area (Å²) in [6.45, 7) is 9.70. The Morgan fingerprint density at radius 1 is 0.458 bits per heavy atom. The number of benzene rings is 7. The lowest BCUT2D eigenvalue weighted by Crippen LogP contribution is -1.94. The largest absolute Gasteiger partial charge is 0.456 e. The predicted octanol–water partition coefficient (Wildman–Crippen LogP) is 12.3. The molecule has 0 bridgehead atoms. The molecule has 4 nitrogen and oxygen atoms in total. The van der Waals surface area contributed by atoms with Crippen molar-refractivity contribution in [3.05, 3.63) is 163 Å². The van der Waals surface area contributed by atoms with E-state index in [1.54, 1.807) is 0 Å². The van der Waals surface area contributed by atoms with E-state index in [9.17, 15) is 0 Å². The number of para-hydroxylation sites is 2. The van der Waals surface area contributed by atoms with Gasteiger partial charge in [-0.15, -0.1) is 0 Å². The topological polar surface area (TPSA) is 27.4 Å². The van der Waals surface area contributed by atoms with Crippen molar-refractivity contribution in [1.82, 2.24) is 9.13 Å². The molecule has 224 valence electrons. The number of hydrogen-bond acceptors (Lipinski definition) is 1. The van der Waals surface area contributed by atoms with Crippen LogP contribution in [0.3, 0.4) is 0 Å². The van der Waals surface area contributed by atoms with Crippen molar-refractivity contribution in [1.29, 1.82) is 0 Å². The van der Waals surface area contributed by atoms with Crippen LogP contribution in [0.15, 0.2) is 150 Å². The third-order valence-electron chi connectivity index (χ3n) is 9.76. The normalized spacial score (nSPS) is 11.8. The fourth-order valence-corrected chi connectivity index (χ4v) is 7.58. The van der Waals surface area contributed by atoms with Crippen molar-refractivity contribution in [2.75, 3.05) is 0 Å². The first-order chi connectivity index (χ1) is 23.6. The quantitative estimate of drug-likeness (QED) is 0.182. The van der Waals surface area contributed by atoms with Crippen molar-refractivity contribution in [2.24, 2.45) is 0 Å². The van der Waals surface area contributed by atoms with E-state index >= 15 is 0 Å². The molecule has 48 heavy (non-hydrogen) atoms. The molecule has 10 aromatic rings. The molecule has 0 unspecified atom stereocenters. The van der Waals surface area contributed by atoms with E-state index in [-0.39, 0.29) is 0 Å². The maximum absolute atomic E-state index is 7.55. The molecule has 3 heterocycles. The summed E-state index contributed by atoms with van der Waals surface area (Å²) in [6.07, 6.45) is 0. The Labute approximate surface area is 276 Å². The lowest BCUT2D eigenvalue weighted by molar-refractivity contribution is 0.669. The van der Waals surface area contributed by atoms with Gasteiger partial charge in [-0.1, -0.05) is 72.3 Å². The second-order valence-corrected chi connectivity index (χ2v) is 12.6. The Kier molecular flexibility index (Phi) is 5.53. The molecule has 0 aliphatic rings. The number of rotatable bonds is 3. The molecule has 0 saturated carbocycles. The average Bonchev–Trinajstić information content (AvgIpc) is 3.78. The van der Waals surface area contributed by atoms with E-state index in [1.165, 1.54) is 27.4 Å². The summed E-state index contributed by atoms with van der Waals surface area (Å²) in [5, 5.41) is 6.94. The van der Waals surface area contributed by atoms with Crippen LogP contribution >= 0.6 is 0 Å². The highest BCUT2D eigenvalue weighted by Gasteiger charge is 2.16. The molecule has 0 spiro atoms. The summed E-state index contributed by atoms with van der Waals surface area (Å²) in [4.78, 5) is 3.69. The third kappa shape index (κ3) is 3.82. The Balaban J connectivity index is 1.14. The van der Waals surface area contributed by atoms with Crippen LogP contribution in [0.25, 0.3) is 92.9 Å². The maximum Gasteiger partial charge on any atom is 0.188 e. The summed E-state index contributed by atoms with van der Waals surface area (Å²) >= 11 is 0. The Bertz CT molecular complexity index is 2980. The van der Waals surface area contributed by atoms with Crippen LogP contribution in [0.2, 0.25) is 0 Å². The highest BCUT2D eigenvalue weighted by atomic mass is 16.3. The van der Waals surface area contributed by atoms with Crippen molar-refractivity contribution >= 4 is 71.2 Å². The first-order valence-corrected chi connectivity index (χ1v) is 16.1. The van der Waals surface area contributed by atoms with Crippen LogP contribution in [0.5, 0.6) is 0 Å². The van der Waals surface area contributed by atoms with E-state index < -0.39 is 0 Å². The SMILES string of the molecule is [C-]#[N+]c1ccc2c(c1)c1ccccc1n2-c1cccc(-c2ccc3oc4ccc(-n5c6ccccc6c6cc(C)ccc65)cc4c3c2)c1. The first-order valence-electron chi connectivity index (χ1n) is 16.1. The van der Waals surface area contributed by atoms with Crippen molar-refractivity contribution < 1.29 is 4.42 Å². The monoisotopic (exact) mass is 613 g/mol. The number of furan rings is 1. The van der Waals surface area contributed by atoms with Gasteiger partial charge in [0.05, 0.1) is 28.6 Å². The summed E-state index contributed by atoms with van der Waals surface area (Å²) < 4.78 is 11.0. The minimum absolute atomic E-state index is 0.649. The number of fused-ring (bicyclic) bond motifs is 9. The van der Waals surface area contributed by atoms with Gasteiger partial charge in [-0.25, -0.2) is 4.85 Å². The molecule has 10 rings (SSSR count). The van der Waals surface area contributed by atoms with Crippen molar-refractivity contribution in [3.8, 4) is 22.5 Å². The van der Waals surface area contributed by atoms with Crippen molar-refractivity contribution in [3.63, 3.8) is 0 Å². The van der Waals surface area contributed by atoms with Crippen LogP contribution in [0.4, 0.5) is 5.69 Å². The molecule has 0 N–H and O–H groups in total. The number of nitrogens with zero attached hydrogens (tertiary/aromatic N) is 3. The van der Waals surface area contributed by atoms with Gasteiger partial charge >= 0.3 is 0 Å². The maximum atomic E-state index is 7.55. The molecular formula is C44H27N3O. The lowest BCUT2D eigenvalue weighted by Gasteiger charge is -2.11. The molecule has 3 aromatic heterocycles. The number of aromatic nitrogens is 2. The van der Waals surface area contributed by atoms with Crippen LogP contribution in [0.1, 0.15) is 5.56 Å². The van der Waals surface area contributed by atoms with Crippen LogP contribution in [-0.2, 0) is 0 Å². The molecular weight excluding hydrogens is 587 g/mol. The molecule has 0 atom stereocenters. The second-order valence-electron chi connectivity index (χ2n) is 12.6. The Morgan fingerprint density at radius 2 is 1.06 bits per heavy atom. The van der Waals surface area contributed by atoms with Gasteiger partial charge in [0, 0.05) is 38.3 Å². The highest BCUT2D eigenvalue weighted by Crippen LogP contribution is 2.39. The minimum Gasteiger partial charge on any atom is -0.456 e. The summed E-state index contributed by atoms with van der Waals surface area (Å²) in [7, 11) is 0. The van der Waals surface area contributed by atoms with Gasteiger partial charge in [-0.05, 0) is 102 Å². The zero-order valence-electron chi connectivity index (χ0n) is 26.1. The van der Waals surface area contributed by atoms with Gasteiger partial charge in [-0.3, -0.25) is 0 Å². The standard InChI is InChI=1S/C44H27N3O/c1-27-14-18-41-35(22-27)33-10-3-5-12-39(33)47(41)32-17-21-44-38(26-32)37-24-29(15-20-43(37)48-44)28-8-7-9-31(23-28)46-40-13-6-4-11-34(40)36-25-30(45-2)16-19-42(36)46/h3-26H,1H3. The fourth-order valence-electron chi connectivity index (χ4n) is 7.58. The van der Waals surface area contributed by atoms with E-state index in [4.69, 9.17) is 11.0 Å². The van der Waals surface area contributed by atoms with Gasteiger partial charge in [0.1, 0.15) is 11.2 Å². The zero-order chi connectivity index (χ0) is 31.9. The molecule has 0 aliphatic heterocycles. The third-order valence-corrected chi connectivity index (χ3v) is 9.76. The molecule has 0 aliphatic carbocycles. The predicted molar refractivity (Wildman–Crippen MR) is 199 cm³/mol. The van der Waals surface area contributed by atoms with E-state index in [0.29, 0.717) is 5.69 Å². The second kappa shape index (κ2) is 9.96. The first kappa shape index (κ1) is 26.6. The van der Waals surface area contributed by atoms with Gasteiger partial charge in [0.25, 0.3) is 0 Å². The van der Waals surface area contributed by atoms with Crippen molar-refractivity contribution in [2.45, 2.75) is 6.92 Å². The number of aryl methyl sites for hydroxylation is 1. The van der Waals surface area contributed by atoms with Crippen LogP contribution in [0, 0.1) is 13.5 Å². The average molecular weight is 614 g/mol. The minimum atomic E-state index is 0.649. The van der Waals surface area contributed by atoms with E-state index in [1.807, 2.05) is 12.1 Å². The Morgan fingerprint density at radius 3 is 1.81 bits per heavy atom. The molecule has 0 saturated heterocycles. The lowest BCUT2D eigenvalue weighted by atomic mass is 10.0. The van der Waals surface area contributed by atoms with Gasteiger partial charge in [-0.2, -0.15) is 0 Å². The number of hydrogen-bond donors (Lipinski definition) is 0. The van der Waals surface area contributed by atoms with E-state index in [0.717, 1.165) is 66.2 Å². The molecule has 0 fully saturated rings. The molecule has 4 heteroatoms. The molecule has 0 radical (unpaired) electrons. The summed E-state index contributed by atoms with van der Waals surface area (Å²) in [6, 6.07) is 51.5. The van der Waals surface area contributed by atoms with Gasteiger partial charge in [0.2, 0.25) is 0 Å². The van der Waals surface area contributed by atoms with Crippen LogP contribution < -0.4 is 0 Å². The fraction of sp³-hybridized carbons (Fsp3) is 0.0227. The van der Waals surface area contributed by atoms with Gasteiger partial charge in [0.15, 0.2) is 5.69 Å². The smallest absolute Gasteiger partial charge is 0.188 e. The molecule has 0 amide bonds.